The molecule has 18 heteroatoms. The van der Waals surface area contributed by atoms with E-state index >= 15 is 0 Å². The highest BCUT2D eigenvalue weighted by atomic mass is 35.5. The zero-order valence-electron chi connectivity index (χ0n) is 27.5. The molecule has 2 aliphatic heterocycles. The van der Waals surface area contributed by atoms with Gasteiger partial charge in [0.25, 0.3) is 5.91 Å². The van der Waals surface area contributed by atoms with E-state index in [4.69, 9.17) is 14.6 Å². The van der Waals surface area contributed by atoms with Crippen LogP contribution in [-0.2, 0) is 32.2 Å². The fourth-order valence-corrected chi connectivity index (χ4v) is 7.04. The second-order valence-corrected chi connectivity index (χ2v) is 14.1. The van der Waals surface area contributed by atoms with Crippen molar-refractivity contribution in [3.8, 4) is 5.75 Å². The van der Waals surface area contributed by atoms with Crippen LogP contribution in [0.25, 0.3) is 0 Å². The molecule has 2 aliphatic rings. The number of carboxylic acid groups (broad SMARTS) is 1. The Balaban J connectivity index is 0.00000676. The van der Waals surface area contributed by atoms with Crippen LogP contribution in [0.3, 0.4) is 0 Å². The maximum Gasteiger partial charge on any atom is 0.416 e. The van der Waals surface area contributed by atoms with Gasteiger partial charge in [-0.1, -0.05) is 6.07 Å². The van der Waals surface area contributed by atoms with E-state index in [1.54, 1.807) is 20.0 Å². The predicted molar refractivity (Wildman–Crippen MR) is 179 cm³/mol. The fourth-order valence-electron chi connectivity index (χ4n) is 5.57. The summed E-state index contributed by atoms with van der Waals surface area (Å²) in [4.78, 5) is 28.8. The summed E-state index contributed by atoms with van der Waals surface area (Å²) in [6.45, 7) is 2.14. The maximum absolute atomic E-state index is 13.8. The highest BCUT2D eigenvalue weighted by Gasteiger charge is 2.47. The van der Waals surface area contributed by atoms with Crippen LogP contribution in [0, 0.1) is 6.92 Å². The third kappa shape index (κ3) is 10.4. The van der Waals surface area contributed by atoms with Crippen molar-refractivity contribution in [2.45, 2.75) is 56.5 Å². The standard InChI is InChI=1S/C32H41F3N4O9S.ClH/c1-20-15-22(29(42)43)4-3-21(20)6-14-49(45,46)39-10-7-31(8-11-39)30(44)37-28(38-31)23-16-24(32(33,34)35)18-25(17-23)48-12-5-26(40)27(41)19-47-13-9-36-2;/h3-4,15-18,26-27,36,40-41H,5-14,19H2,1-2H3,(H,42,43)(H,37,38,44);1H/t26-,27+;/m0./s1. The molecule has 1 fully saturated rings. The lowest BCUT2D eigenvalue weighted by atomic mass is 9.89. The van der Waals surface area contributed by atoms with E-state index in [0.29, 0.717) is 24.3 Å². The molecular formula is C32H42ClF3N4O9S. The summed E-state index contributed by atoms with van der Waals surface area (Å²) in [5.74, 6) is -2.17. The van der Waals surface area contributed by atoms with Gasteiger partial charge in [-0.25, -0.2) is 17.5 Å². The van der Waals surface area contributed by atoms with Gasteiger partial charge in [-0.05, 0) is 74.7 Å². The number of carboxylic acids is 1. The molecule has 2 aromatic rings. The van der Waals surface area contributed by atoms with E-state index in [1.165, 1.54) is 22.5 Å². The van der Waals surface area contributed by atoms with Crippen LogP contribution >= 0.6 is 12.4 Å². The summed E-state index contributed by atoms with van der Waals surface area (Å²) < 4.78 is 79.8. The first-order valence-electron chi connectivity index (χ1n) is 15.7. The fraction of sp³-hybridized carbons (Fsp3) is 0.531. The Morgan fingerprint density at radius 2 is 1.82 bits per heavy atom. The first-order chi connectivity index (χ1) is 23.0. The number of likely N-dealkylation sites (N-methyl/N-ethyl adjacent to an activating group) is 1. The number of aliphatic hydroxyl groups excluding tert-OH is 2. The molecule has 0 bridgehead atoms. The number of rotatable bonds is 16. The van der Waals surface area contributed by atoms with Crippen LogP contribution in [0.4, 0.5) is 13.2 Å². The molecule has 2 heterocycles. The van der Waals surface area contributed by atoms with E-state index < -0.39 is 51.4 Å². The molecule has 1 saturated heterocycles. The molecule has 1 amide bonds. The molecule has 0 aliphatic carbocycles. The molecule has 0 saturated carbocycles. The van der Waals surface area contributed by atoms with Crippen molar-refractivity contribution in [2.75, 3.05) is 52.3 Å². The highest BCUT2D eigenvalue weighted by Crippen LogP contribution is 2.36. The van der Waals surface area contributed by atoms with Gasteiger partial charge in [0.1, 0.15) is 23.2 Å². The van der Waals surface area contributed by atoms with Gasteiger partial charge in [0.2, 0.25) is 10.0 Å². The molecule has 5 N–H and O–H groups in total. The second-order valence-electron chi connectivity index (χ2n) is 12.1. The van der Waals surface area contributed by atoms with Gasteiger partial charge in [-0.3, -0.25) is 9.79 Å². The summed E-state index contributed by atoms with van der Waals surface area (Å²) in [6, 6.07) is 7.37. The number of ether oxygens (including phenoxy) is 2. The zero-order valence-corrected chi connectivity index (χ0v) is 29.2. The first-order valence-corrected chi connectivity index (χ1v) is 17.3. The van der Waals surface area contributed by atoms with Crippen LogP contribution < -0.4 is 15.4 Å². The minimum Gasteiger partial charge on any atom is -0.493 e. The Kier molecular flexibility index (Phi) is 14.2. The third-order valence-corrected chi connectivity index (χ3v) is 10.4. The molecular weight excluding hydrogens is 709 g/mol. The van der Waals surface area contributed by atoms with Gasteiger partial charge in [-0.15, -0.1) is 12.4 Å². The SMILES string of the molecule is CNCCOC[C@@H](O)[C@@H](O)CCOc1cc(C2=NC3(CCN(S(=O)(=O)CCc4ccc(C(=O)O)cc4C)CC3)C(=O)N2)cc(C(F)(F)F)c1.Cl. The summed E-state index contributed by atoms with van der Waals surface area (Å²) in [5, 5.41) is 34.8. The summed E-state index contributed by atoms with van der Waals surface area (Å²) in [5.41, 5.74) is -1.04. The Labute approximate surface area is 294 Å². The number of amides is 1. The molecule has 50 heavy (non-hydrogen) atoms. The lowest BCUT2D eigenvalue weighted by molar-refractivity contribution is -0.137. The van der Waals surface area contributed by atoms with E-state index in [1.807, 2.05) is 0 Å². The normalized spacial score (nSPS) is 17.5. The molecule has 278 valence electrons. The molecule has 1 spiro atoms. The van der Waals surface area contributed by atoms with Crippen molar-refractivity contribution >= 4 is 40.1 Å². The molecule has 0 aromatic heterocycles. The van der Waals surface area contributed by atoms with Gasteiger partial charge in [0, 0.05) is 31.6 Å². The number of aliphatic imine (C=N–C) groups is 1. The summed E-state index contributed by atoms with van der Waals surface area (Å²) in [7, 11) is -2.03. The number of carbonyl (C=O) groups excluding carboxylic acids is 1. The van der Waals surface area contributed by atoms with Crippen molar-refractivity contribution in [3.05, 3.63) is 64.2 Å². The zero-order chi connectivity index (χ0) is 36.0. The molecule has 0 radical (unpaired) electrons. The Morgan fingerprint density at radius 1 is 1.12 bits per heavy atom. The largest absolute Gasteiger partial charge is 0.493 e. The van der Waals surface area contributed by atoms with Crippen molar-refractivity contribution < 1.29 is 56.0 Å². The number of hydrogen-bond acceptors (Lipinski definition) is 10. The van der Waals surface area contributed by atoms with Gasteiger partial charge >= 0.3 is 12.1 Å². The number of hydrogen-bond donors (Lipinski definition) is 5. The summed E-state index contributed by atoms with van der Waals surface area (Å²) >= 11 is 0. The van der Waals surface area contributed by atoms with Gasteiger partial charge in [0.05, 0.1) is 42.8 Å². The van der Waals surface area contributed by atoms with Gasteiger partial charge < -0.3 is 35.4 Å². The second kappa shape index (κ2) is 17.3. The number of halogens is 4. The van der Waals surface area contributed by atoms with Crippen molar-refractivity contribution in [2.24, 2.45) is 4.99 Å². The van der Waals surface area contributed by atoms with E-state index in [2.05, 4.69) is 15.6 Å². The van der Waals surface area contributed by atoms with E-state index in [0.717, 1.165) is 12.1 Å². The molecule has 13 nitrogen and oxygen atoms in total. The van der Waals surface area contributed by atoms with Crippen LogP contribution in [0.1, 0.15) is 51.9 Å². The first kappa shape index (κ1) is 41.1. The van der Waals surface area contributed by atoms with Crippen LogP contribution in [0.2, 0.25) is 0 Å². The minimum atomic E-state index is -4.76. The number of sulfonamides is 1. The van der Waals surface area contributed by atoms with E-state index in [9.17, 15) is 41.4 Å². The molecule has 0 unspecified atom stereocenters. The number of aromatic carboxylic acids is 1. The van der Waals surface area contributed by atoms with Crippen molar-refractivity contribution in [1.82, 2.24) is 14.9 Å². The maximum atomic E-state index is 13.8. The van der Waals surface area contributed by atoms with Gasteiger partial charge in [-0.2, -0.15) is 13.2 Å². The number of amidine groups is 1. The number of aryl methyl sites for hydroxylation is 2. The number of nitrogens with one attached hydrogen (secondary N) is 2. The molecule has 4 rings (SSSR count). The Morgan fingerprint density at radius 3 is 2.44 bits per heavy atom. The number of piperidine rings is 1. The lowest BCUT2D eigenvalue weighted by Crippen LogP contribution is -2.50. The number of carbonyl (C=O) groups is 2. The predicted octanol–water partition coefficient (Wildman–Crippen LogP) is 2.14. The Bertz CT molecular complexity index is 1650. The third-order valence-electron chi connectivity index (χ3n) is 8.56. The lowest BCUT2D eigenvalue weighted by Gasteiger charge is -2.34. The number of benzene rings is 2. The highest BCUT2D eigenvalue weighted by molar-refractivity contribution is 7.89. The Hall–Kier alpha value is -3.32. The minimum absolute atomic E-state index is 0. The van der Waals surface area contributed by atoms with Crippen molar-refractivity contribution in [3.63, 3.8) is 0 Å². The smallest absolute Gasteiger partial charge is 0.416 e. The quantitative estimate of drug-likeness (QED) is 0.159. The van der Waals surface area contributed by atoms with Crippen LogP contribution in [-0.4, -0.2) is 116 Å². The molecule has 2 atom stereocenters. The van der Waals surface area contributed by atoms with Crippen LogP contribution in [0.5, 0.6) is 5.75 Å². The number of nitrogens with zero attached hydrogens (tertiary/aromatic N) is 2. The van der Waals surface area contributed by atoms with Crippen LogP contribution in [0.15, 0.2) is 41.4 Å². The average molecular weight is 751 g/mol. The number of aliphatic hydroxyl groups is 2. The van der Waals surface area contributed by atoms with Crippen molar-refractivity contribution in [1.29, 1.82) is 0 Å². The molecule has 2 aromatic carbocycles. The van der Waals surface area contributed by atoms with Gasteiger partial charge in [0.15, 0.2) is 0 Å². The monoisotopic (exact) mass is 750 g/mol. The average Bonchev–Trinajstić information content (AvgIpc) is 3.36. The van der Waals surface area contributed by atoms with E-state index in [-0.39, 0.29) is 92.9 Å². The topological polar surface area (TPSA) is 187 Å². The summed E-state index contributed by atoms with van der Waals surface area (Å²) in [6.07, 6.45) is -7.15. The number of alkyl halides is 3.